The molecule has 0 amide bonds. The molecule has 3 rings (SSSR count). The molecule has 1 atom stereocenters. The van der Waals surface area contributed by atoms with Crippen LogP contribution in [0.15, 0.2) is 51.4 Å². The first-order valence-corrected chi connectivity index (χ1v) is 6.74. The first-order valence-electron chi connectivity index (χ1n) is 5.95. The van der Waals surface area contributed by atoms with Gasteiger partial charge in [-0.25, -0.2) is 8.78 Å². The maximum absolute atomic E-state index is 14.0. The van der Waals surface area contributed by atoms with Crippen molar-refractivity contribution in [2.75, 3.05) is 0 Å². The summed E-state index contributed by atoms with van der Waals surface area (Å²) in [5.41, 5.74) is 6.88. The van der Waals surface area contributed by atoms with Gasteiger partial charge in [-0.1, -0.05) is 12.1 Å². The lowest BCUT2D eigenvalue weighted by atomic mass is 10.0. The summed E-state index contributed by atoms with van der Waals surface area (Å²) in [7, 11) is 0. The van der Waals surface area contributed by atoms with Gasteiger partial charge in [0.25, 0.3) is 0 Å². The van der Waals surface area contributed by atoms with Gasteiger partial charge in [0.2, 0.25) is 0 Å². The number of benzene rings is 2. The molecule has 1 heterocycles. The van der Waals surface area contributed by atoms with E-state index < -0.39 is 11.9 Å². The second kappa shape index (κ2) is 5.00. The first kappa shape index (κ1) is 13.3. The van der Waals surface area contributed by atoms with Gasteiger partial charge in [-0.2, -0.15) is 0 Å². The number of hydrogen-bond donors (Lipinski definition) is 1. The molecule has 2 aromatic carbocycles. The van der Waals surface area contributed by atoms with Crippen LogP contribution < -0.4 is 5.73 Å². The molecule has 2 nitrogen and oxygen atoms in total. The van der Waals surface area contributed by atoms with Crippen LogP contribution in [0.25, 0.3) is 11.0 Å². The van der Waals surface area contributed by atoms with E-state index in [2.05, 4.69) is 15.9 Å². The first-order chi connectivity index (χ1) is 9.56. The van der Waals surface area contributed by atoms with Gasteiger partial charge in [-0.15, -0.1) is 0 Å². The largest absolute Gasteiger partial charge is 0.459 e. The number of hydrogen-bond acceptors (Lipinski definition) is 2. The minimum atomic E-state index is -0.747. The summed E-state index contributed by atoms with van der Waals surface area (Å²) >= 11 is 3.12. The average Bonchev–Trinajstić information content (AvgIpc) is 2.84. The second-order valence-electron chi connectivity index (χ2n) is 4.45. The highest BCUT2D eigenvalue weighted by Crippen LogP contribution is 2.30. The van der Waals surface area contributed by atoms with Crippen LogP contribution in [0.1, 0.15) is 17.4 Å². The molecule has 2 N–H and O–H groups in total. The fourth-order valence-corrected chi connectivity index (χ4v) is 2.48. The standard InChI is InChI=1S/C15H10BrF2NO/c16-11-3-1-2-10(14(11)18)15(19)13-7-8-6-9(17)4-5-12(8)20-13/h1-7,15H,19H2. The molecule has 0 aliphatic heterocycles. The van der Waals surface area contributed by atoms with E-state index in [9.17, 15) is 8.78 Å². The highest BCUT2D eigenvalue weighted by atomic mass is 79.9. The van der Waals surface area contributed by atoms with Gasteiger partial charge >= 0.3 is 0 Å². The SMILES string of the molecule is NC(c1cc2cc(F)ccc2o1)c1cccc(Br)c1F. The van der Waals surface area contributed by atoms with Gasteiger partial charge in [0.15, 0.2) is 0 Å². The molecule has 1 unspecified atom stereocenters. The summed E-state index contributed by atoms with van der Waals surface area (Å²) < 4.78 is 33.1. The summed E-state index contributed by atoms with van der Waals surface area (Å²) in [6.45, 7) is 0. The van der Waals surface area contributed by atoms with Crippen molar-refractivity contribution in [3.63, 3.8) is 0 Å². The number of furan rings is 1. The van der Waals surface area contributed by atoms with E-state index in [0.717, 1.165) is 0 Å². The van der Waals surface area contributed by atoms with E-state index in [-0.39, 0.29) is 5.82 Å². The monoisotopic (exact) mass is 337 g/mol. The third kappa shape index (κ3) is 2.23. The highest BCUT2D eigenvalue weighted by Gasteiger charge is 2.19. The molecule has 1 aromatic heterocycles. The van der Waals surface area contributed by atoms with Crippen molar-refractivity contribution in [1.82, 2.24) is 0 Å². The van der Waals surface area contributed by atoms with E-state index in [1.54, 1.807) is 24.3 Å². The van der Waals surface area contributed by atoms with Crippen molar-refractivity contribution < 1.29 is 13.2 Å². The van der Waals surface area contributed by atoms with Gasteiger partial charge in [0, 0.05) is 10.9 Å². The van der Waals surface area contributed by atoms with E-state index in [0.29, 0.717) is 26.8 Å². The van der Waals surface area contributed by atoms with Gasteiger partial charge in [0.05, 0.1) is 10.5 Å². The molecule has 0 bridgehead atoms. The smallest absolute Gasteiger partial charge is 0.142 e. The average molecular weight is 338 g/mol. The Morgan fingerprint density at radius 1 is 1.10 bits per heavy atom. The number of rotatable bonds is 2. The zero-order valence-electron chi connectivity index (χ0n) is 10.2. The van der Waals surface area contributed by atoms with Crippen LogP contribution >= 0.6 is 15.9 Å². The Hall–Kier alpha value is -1.72. The fourth-order valence-electron chi connectivity index (χ4n) is 2.10. The lowest BCUT2D eigenvalue weighted by molar-refractivity contribution is 0.508. The quantitative estimate of drug-likeness (QED) is 0.746. The van der Waals surface area contributed by atoms with Crippen molar-refractivity contribution in [3.05, 3.63) is 69.9 Å². The number of nitrogens with two attached hydrogens (primary N) is 1. The number of halogens is 3. The van der Waals surface area contributed by atoms with E-state index >= 15 is 0 Å². The molecule has 0 aliphatic rings. The Morgan fingerprint density at radius 2 is 1.90 bits per heavy atom. The maximum Gasteiger partial charge on any atom is 0.142 e. The van der Waals surface area contributed by atoms with Gasteiger partial charge in [-0.3, -0.25) is 0 Å². The fraction of sp³-hybridized carbons (Fsp3) is 0.0667. The summed E-state index contributed by atoms with van der Waals surface area (Å²) in [4.78, 5) is 0. The van der Waals surface area contributed by atoms with Crippen molar-refractivity contribution in [2.45, 2.75) is 6.04 Å². The zero-order valence-corrected chi connectivity index (χ0v) is 11.8. The summed E-state index contributed by atoms with van der Waals surface area (Å²) in [6.07, 6.45) is 0. The van der Waals surface area contributed by atoms with Gasteiger partial charge in [-0.05, 0) is 46.3 Å². The topological polar surface area (TPSA) is 39.2 Å². The van der Waals surface area contributed by atoms with Crippen LogP contribution in [-0.4, -0.2) is 0 Å². The minimum absolute atomic E-state index is 0.318. The molecule has 0 saturated carbocycles. The van der Waals surface area contributed by atoms with Crippen molar-refractivity contribution in [2.24, 2.45) is 5.73 Å². The van der Waals surface area contributed by atoms with Crippen LogP contribution in [-0.2, 0) is 0 Å². The molecule has 0 aliphatic carbocycles. The highest BCUT2D eigenvalue weighted by molar-refractivity contribution is 9.10. The minimum Gasteiger partial charge on any atom is -0.459 e. The van der Waals surface area contributed by atoms with E-state index in [1.807, 2.05) is 0 Å². The molecule has 0 spiro atoms. The Kier molecular flexibility index (Phi) is 3.31. The lowest BCUT2D eigenvalue weighted by Gasteiger charge is -2.10. The van der Waals surface area contributed by atoms with Crippen LogP contribution in [0.3, 0.4) is 0 Å². The van der Waals surface area contributed by atoms with Crippen molar-refractivity contribution in [1.29, 1.82) is 0 Å². The Morgan fingerprint density at radius 3 is 2.70 bits per heavy atom. The molecule has 0 saturated heterocycles. The van der Waals surface area contributed by atoms with Crippen LogP contribution in [0, 0.1) is 11.6 Å². The lowest BCUT2D eigenvalue weighted by Crippen LogP contribution is -2.12. The predicted molar refractivity (Wildman–Crippen MR) is 76.3 cm³/mol. The zero-order chi connectivity index (χ0) is 14.3. The Bertz CT molecular complexity index is 785. The van der Waals surface area contributed by atoms with Gasteiger partial charge < -0.3 is 10.2 Å². The normalized spacial score (nSPS) is 12.8. The summed E-state index contributed by atoms with van der Waals surface area (Å²) in [5, 5.41) is 0.603. The Labute approximate surface area is 122 Å². The van der Waals surface area contributed by atoms with Crippen LogP contribution in [0.5, 0.6) is 0 Å². The van der Waals surface area contributed by atoms with E-state index in [1.165, 1.54) is 18.2 Å². The summed E-state index contributed by atoms with van der Waals surface area (Å²) in [6, 6.07) is 9.96. The molecular formula is C15H10BrF2NO. The molecular weight excluding hydrogens is 328 g/mol. The molecule has 102 valence electrons. The van der Waals surface area contributed by atoms with Crippen molar-refractivity contribution >= 4 is 26.9 Å². The molecule has 20 heavy (non-hydrogen) atoms. The van der Waals surface area contributed by atoms with Gasteiger partial charge in [0.1, 0.15) is 23.0 Å². The third-order valence-electron chi connectivity index (χ3n) is 3.12. The molecule has 5 heteroatoms. The Balaban J connectivity index is 2.08. The third-order valence-corrected chi connectivity index (χ3v) is 3.73. The van der Waals surface area contributed by atoms with Crippen LogP contribution in [0.2, 0.25) is 0 Å². The molecule has 0 fully saturated rings. The molecule has 0 radical (unpaired) electrons. The predicted octanol–water partition coefficient (Wildman–Crippen LogP) is 4.52. The second-order valence-corrected chi connectivity index (χ2v) is 5.31. The maximum atomic E-state index is 14.0. The molecule has 3 aromatic rings. The van der Waals surface area contributed by atoms with Crippen LogP contribution in [0.4, 0.5) is 8.78 Å². The van der Waals surface area contributed by atoms with Crippen molar-refractivity contribution in [3.8, 4) is 0 Å². The number of fused-ring (bicyclic) bond motifs is 1. The van der Waals surface area contributed by atoms with E-state index in [4.69, 9.17) is 10.2 Å². The summed E-state index contributed by atoms with van der Waals surface area (Å²) in [5.74, 6) is -0.388.